The van der Waals surface area contributed by atoms with Crippen molar-refractivity contribution in [3.05, 3.63) is 48.1 Å². The molecule has 25 heavy (non-hydrogen) atoms. The van der Waals surface area contributed by atoms with Gasteiger partial charge in [-0.25, -0.2) is 21.8 Å². The molecule has 1 aromatic carbocycles. The second-order valence-corrected chi connectivity index (χ2v) is 7.61. The molecule has 0 radical (unpaired) electrons. The number of anilines is 1. The van der Waals surface area contributed by atoms with E-state index in [0.29, 0.717) is 12.2 Å². The largest absolute Gasteiger partial charge is 0.379 e. The zero-order chi connectivity index (χ0) is 18.4. The lowest BCUT2D eigenvalue weighted by atomic mass is 10.3. The maximum absolute atomic E-state index is 13.4. The van der Waals surface area contributed by atoms with Gasteiger partial charge < -0.3 is 11.1 Å². The second-order valence-electron chi connectivity index (χ2n) is 5.46. The molecular weight excluding hydrogens is 347 g/mol. The van der Waals surface area contributed by atoms with Gasteiger partial charge in [0.15, 0.2) is 0 Å². The Kier molecular flexibility index (Phi) is 6.23. The molecular formula is C15H21FN6O2S. The molecule has 0 saturated heterocycles. The van der Waals surface area contributed by atoms with Gasteiger partial charge in [0, 0.05) is 26.3 Å². The second kappa shape index (κ2) is 8.19. The highest BCUT2D eigenvalue weighted by atomic mass is 32.2. The van der Waals surface area contributed by atoms with Crippen molar-refractivity contribution in [2.45, 2.75) is 18.0 Å². The first kappa shape index (κ1) is 19.0. The minimum Gasteiger partial charge on any atom is -0.379 e. The van der Waals surface area contributed by atoms with Crippen LogP contribution in [0.3, 0.4) is 0 Å². The molecule has 0 atom stereocenters. The molecule has 3 N–H and O–H groups in total. The minimum atomic E-state index is -3.44. The summed E-state index contributed by atoms with van der Waals surface area (Å²) in [7, 11) is -0.479. The molecule has 1 aromatic heterocycles. The summed E-state index contributed by atoms with van der Waals surface area (Å²) in [6, 6.07) is 6.40. The van der Waals surface area contributed by atoms with Gasteiger partial charge in [-0.05, 0) is 30.3 Å². The third-order valence-electron chi connectivity index (χ3n) is 3.35. The molecule has 0 aliphatic carbocycles. The van der Waals surface area contributed by atoms with Crippen molar-refractivity contribution < 1.29 is 12.8 Å². The summed E-state index contributed by atoms with van der Waals surface area (Å²) in [5, 5.41) is 10.9. The fourth-order valence-corrected chi connectivity index (χ4v) is 2.89. The topological polar surface area (TPSA) is 106 Å². The van der Waals surface area contributed by atoms with Crippen LogP contribution in [0.25, 0.3) is 0 Å². The molecule has 2 aromatic rings. The molecule has 0 amide bonds. The van der Waals surface area contributed by atoms with Crippen LogP contribution in [0.15, 0.2) is 47.3 Å². The van der Waals surface area contributed by atoms with Crippen LogP contribution in [0.5, 0.6) is 0 Å². The minimum absolute atomic E-state index is 0.0126. The molecule has 10 heteroatoms. The zero-order valence-electron chi connectivity index (χ0n) is 14.1. The number of sulfonamides is 1. The lowest BCUT2D eigenvalue weighted by Crippen LogP contribution is -2.22. The van der Waals surface area contributed by atoms with Gasteiger partial charge in [-0.2, -0.15) is 0 Å². The van der Waals surface area contributed by atoms with Crippen molar-refractivity contribution in [1.82, 2.24) is 19.3 Å². The summed E-state index contributed by atoms with van der Waals surface area (Å²) in [6.07, 6.45) is 2.91. The molecule has 0 saturated carbocycles. The number of aromatic nitrogens is 3. The molecule has 1 heterocycles. The van der Waals surface area contributed by atoms with Crippen molar-refractivity contribution >= 4 is 15.7 Å². The molecule has 0 spiro atoms. The van der Waals surface area contributed by atoms with Gasteiger partial charge in [0.05, 0.1) is 24.2 Å². The van der Waals surface area contributed by atoms with Gasteiger partial charge >= 0.3 is 0 Å². The zero-order valence-corrected chi connectivity index (χ0v) is 14.9. The van der Waals surface area contributed by atoms with Crippen LogP contribution in [-0.2, 0) is 23.1 Å². The Morgan fingerprint density at radius 2 is 2.04 bits per heavy atom. The van der Waals surface area contributed by atoms with Gasteiger partial charge in [-0.15, -0.1) is 5.10 Å². The number of hydrogen-bond donors (Lipinski definition) is 2. The Hall–Kier alpha value is -2.30. The molecule has 0 aliphatic rings. The predicted octanol–water partition coefficient (Wildman–Crippen LogP) is 0.953. The average Bonchev–Trinajstić information content (AvgIpc) is 3.00. The van der Waals surface area contributed by atoms with E-state index in [9.17, 15) is 12.8 Å². The van der Waals surface area contributed by atoms with E-state index >= 15 is 0 Å². The van der Waals surface area contributed by atoms with E-state index in [1.54, 1.807) is 18.3 Å². The monoisotopic (exact) mass is 368 g/mol. The van der Waals surface area contributed by atoms with E-state index < -0.39 is 10.0 Å². The van der Waals surface area contributed by atoms with Crippen LogP contribution in [0.2, 0.25) is 0 Å². The molecule has 8 nitrogen and oxygen atoms in total. The lowest BCUT2D eigenvalue weighted by Gasteiger charge is -2.12. The number of nitrogens with one attached hydrogen (secondary N) is 1. The molecule has 2 rings (SSSR count). The Balaban J connectivity index is 1.96. The van der Waals surface area contributed by atoms with Crippen LogP contribution >= 0.6 is 0 Å². The summed E-state index contributed by atoms with van der Waals surface area (Å²) in [4.78, 5) is 0.219. The average molecular weight is 368 g/mol. The summed E-state index contributed by atoms with van der Waals surface area (Å²) >= 11 is 0. The maximum Gasteiger partial charge on any atom is 0.242 e. The molecule has 0 aliphatic heterocycles. The number of halogens is 1. The maximum atomic E-state index is 13.4. The summed E-state index contributed by atoms with van der Waals surface area (Å²) in [5.41, 5.74) is 6.61. The first-order valence-corrected chi connectivity index (χ1v) is 8.97. The van der Waals surface area contributed by atoms with E-state index in [1.165, 1.54) is 37.0 Å². The smallest absolute Gasteiger partial charge is 0.242 e. The highest BCUT2D eigenvalue weighted by Gasteiger charge is 2.16. The molecule has 0 unspecified atom stereocenters. The van der Waals surface area contributed by atoms with Gasteiger partial charge in [0.2, 0.25) is 10.0 Å². The van der Waals surface area contributed by atoms with Crippen molar-refractivity contribution in [2.24, 2.45) is 5.73 Å². The predicted molar refractivity (Wildman–Crippen MR) is 92.9 cm³/mol. The summed E-state index contributed by atoms with van der Waals surface area (Å²) < 4.78 is 39.9. The number of benzene rings is 1. The fraction of sp³-hybridized carbons (Fsp3) is 0.333. The summed E-state index contributed by atoms with van der Waals surface area (Å²) in [5.74, 6) is -0.371. The van der Waals surface area contributed by atoms with Gasteiger partial charge in [-0.3, -0.25) is 0 Å². The number of nitrogens with two attached hydrogens (primary N) is 1. The van der Waals surface area contributed by atoms with Crippen LogP contribution in [0.1, 0.15) is 5.69 Å². The van der Waals surface area contributed by atoms with E-state index in [4.69, 9.17) is 5.73 Å². The fourth-order valence-electron chi connectivity index (χ4n) is 1.99. The Bertz CT molecular complexity index is 830. The quantitative estimate of drug-likeness (QED) is 0.719. The van der Waals surface area contributed by atoms with Crippen molar-refractivity contribution in [2.75, 3.05) is 26.0 Å². The Morgan fingerprint density at radius 3 is 2.64 bits per heavy atom. The van der Waals surface area contributed by atoms with Crippen molar-refractivity contribution in [1.29, 1.82) is 0 Å². The van der Waals surface area contributed by atoms with Crippen LogP contribution in [-0.4, -0.2) is 48.4 Å². The van der Waals surface area contributed by atoms with E-state index in [-0.39, 0.29) is 23.8 Å². The lowest BCUT2D eigenvalue weighted by molar-refractivity contribution is 0.516. The van der Waals surface area contributed by atoms with E-state index in [2.05, 4.69) is 15.6 Å². The first-order valence-electron chi connectivity index (χ1n) is 7.53. The molecule has 136 valence electrons. The Labute approximate surface area is 146 Å². The Morgan fingerprint density at radius 1 is 1.36 bits per heavy atom. The van der Waals surface area contributed by atoms with E-state index in [0.717, 1.165) is 9.99 Å². The van der Waals surface area contributed by atoms with Crippen molar-refractivity contribution in [3.8, 4) is 0 Å². The molecule has 0 bridgehead atoms. The standard InChI is InChI=1S/C15H21FN6O2S/c1-21(2)25(23,24)15-5-3-13(4-6-15)18-9-14-11-22(20-19-14)10-12(16)7-8-17/h3-7,11,18H,8-10,17H2,1-2H3. The van der Waals surface area contributed by atoms with Gasteiger partial charge in [-0.1, -0.05) is 5.21 Å². The highest BCUT2D eigenvalue weighted by molar-refractivity contribution is 7.89. The third kappa shape index (κ3) is 5.08. The van der Waals surface area contributed by atoms with Crippen LogP contribution in [0.4, 0.5) is 10.1 Å². The third-order valence-corrected chi connectivity index (χ3v) is 5.17. The van der Waals surface area contributed by atoms with Crippen molar-refractivity contribution in [3.63, 3.8) is 0 Å². The van der Waals surface area contributed by atoms with Gasteiger partial charge in [0.25, 0.3) is 0 Å². The normalized spacial score (nSPS) is 12.6. The highest BCUT2D eigenvalue weighted by Crippen LogP contribution is 2.17. The van der Waals surface area contributed by atoms with Crippen LogP contribution < -0.4 is 11.1 Å². The SMILES string of the molecule is CN(C)S(=O)(=O)c1ccc(NCc2cn(CC(F)=CCN)nn2)cc1. The number of nitrogens with zero attached hydrogens (tertiary/aromatic N) is 4. The number of allylic oxidation sites excluding steroid dienone is 1. The van der Waals surface area contributed by atoms with Gasteiger partial charge in [0.1, 0.15) is 11.5 Å². The first-order chi connectivity index (χ1) is 11.8. The number of hydrogen-bond acceptors (Lipinski definition) is 6. The van der Waals surface area contributed by atoms with E-state index in [1.807, 2.05) is 0 Å². The van der Waals surface area contributed by atoms with Crippen LogP contribution in [0, 0.1) is 0 Å². The molecule has 0 fully saturated rings. The number of rotatable bonds is 8. The summed E-state index contributed by atoms with van der Waals surface area (Å²) in [6.45, 7) is 0.498.